The van der Waals surface area contributed by atoms with Crippen LogP contribution in [0.3, 0.4) is 0 Å². The van der Waals surface area contributed by atoms with Crippen molar-refractivity contribution in [2.24, 2.45) is 4.99 Å². The highest BCUT2D eigenvalue weighted by molar-refractivity contribution is 6.42. The number of urea groups is 1. The van der Waals surface area contributed by atoms with Gasteiger partial charge in [-0.15, -0.1) is 0 Å². The summed E-state index contributed by atoms with van der Waals surface area (Å²) in [4.78, 5) is 34.4. The minimum absolute atomic E-state index is 0.000693. The third kappa shape index (κ3) is 11.4. The summed E-state index contributed by atoms with van der Waals surface area (Å²) in [5, 5.41) is 2.52. The van der Waals surface area contributed by atoms with Gasteiger partial charge in [-0.25, -0.2) is 14.8 Å². The van der Waals surface area contributed by atoms with E-state index in [-0.39, 0.29) is 28.4 Å². The van der Waals surface area contributed by atoms with Crippen LogP contribution in [-0.2, 0) is 4.79 Å². The van der Waals surface area contributed by atoms with Crippen molar-refractivity contribution in [1.82, 2.24) is 10.3 Å². The number of unbranched alkanes of at least 4 members (excludes halogenated alkanes) is 15. The van der Waals surface area contributed by atoms with Gasteiger partial charge in [0.1, 0.15) is 11.5 Å². The maximum Gasteiger partial charge on any atom is 0.324 e. The second kappa shape index (κ2) is 19.7. The Bertz CT molecular complexity index is 1350. The Morgan fingerprint density at radius 3 is 1.83 bits per heavy atom. The first kappa shape index (κ1) is 37.6. The van der Waals surface area contributed by atoms with Gasteiger partial charge in [-0.3, -0.25) is 15.1 Å². The van der Waals surface area contributed by atoms with E-state index >= 15 is 0 Å². The summed E-state index contributed by atoms with van der Waals surface area (Å²) < 4.78 is 0. The molecule has 0 atom stereocenters. The van der Waals surface area contributed by atoms with Crippen LogP contribution in [0.15, 0.2) is 35.3 Å². The van der Waals surface area contributed by atoms with E-state index in [0.29, 0.717) is 40.3 Å². The molecule has 3 amide bonds. The lowest BCUT2D eigenvalue weighted by Gasteiger charge is -2.20. The second-order valence-electron chi connectivity index (χ2n) is 12.7. The van der Waals surface area contributed by atoms with Crippen LogP contribution in [0.5, 0.6) is 0 Å². The monoisotopic (exact) mass is 723 g/mol. The number of hydrogen-bond acceptors (Lipinski definition) is 3. The summed E-state index contributed by atoms with van der Waals surface area (Å²) in [6.45, 7) is 4.34. The topological polar surface area (TPSA) is 68.2 Å². The standard InChI is InChI=1S/C36H49Cl4N5O2/c1-2-3-4-5-6-7-8-9-10-11-12-13-14-15-16-17-20-43-21-22-44(36(43)47)28-18-19-29(38)32(25-28)41-33-26-34(46)45(42-33)35-30(39)23-27(37)24-31(35)40/h18-19,23-25H,2-17,20-22,26H2,1H3,(H,41,42). The molecule has 2 aliphatic rings. The third-order valence-corrected chi connectivity index (χ3v) is 10.0. The molecule has 2 saturated heterocycles. The molecular weight excluding hydrogens is 676 g/mol. The SMILES string of the molecule is CCCCCCCCCCCCCCCCCCN1CCN(c2ccc(Cl)c(N=C3CC(=O)N(c4c(Cl)cc(Cl)cc4Cl)N3)c2)C1=O. The molecule has 4 rings (SSSR count). The van der Waals surface area contributed by atoms with Crippen LogP contribution in [0.25, 0.3) is 0 Å². The molecule has 0 unspecified atom stereocenters. The van der Waals surface area contributed by atoms with Crippen molar-refractivity contribution in [1.29, 1.82) is 0 Å². The molecular formula is C36H49Cl4N5O2. The van der Waals surface area contributed by atoms with Crippen LogP contribution in [0.1, 0.15) is 116 Å². The van der Waals surface area contributed by atoms with Gasteiger partial charge in [-0.05, 0) is 36.8 Å². The second-order valence-corrected chi connectivity index (χ2v) is 14.3. The molecule has 0 aliphatic carbocycles. The number of nitrogens with one attached hydrogen (secondary N) is 1. The minimum atomic E-state index is -0.276. The number of hydrogen-bond donors (Lipinski definition) is 1. The number of carbonyl (C=O) groups excluding carboxylic acids is 2. The molecule has 0 aromatic heterocycles. The number of carbonyl (C=O) groups is 2. The quantitative estimate of drug-likeness (QED) is 0.138. The smallest absolute Gasteiger partial charge is 0.323 e. The molecule has 0 spiro atoms. The summed E-state index contributed by atoms with van der Waals surface area (Å²) in [6.07, 6.45) is 21.3. The molecule has 2 aromatic rings. The third-order valence-electron chi connectivity index (χ3n) is 8.89. The Hall–Kier alpha value is -2.19. The maximum atomic E-state index is 13.3. The Labute approximate surface area is 300 Å². The van der Waals surface area contributed by atoms with Crippen LogP contribution < -0.4 is 15.3 Å². The first-order chi connectivity index (χ1) is 22.8. The number of hydrazine groups is 1. The lowest BCUT2D eigenvalue weighted by atomic mass is 10.0. The molecule has 2 aliphatic heterocycles. The summed E-state index contributed by atoms with van der Waals surface area (Å²) in [6, 6.07) is 8.37. The molecule has 0 radical (unpaired) electrons. The highest BCUT2D eigenvalue weighted by Crippen LogP contribution is 2.38. The average molecular weight is 726 g/mol. The first-order valence-corrected chi connectivity index (χ1v) is 19.0. The molecule has 11 heteroatoms. The lowest BCUT2D eigenvalue weighted by Crippen LogP contribution is -2.36. The van der Waals surface area contributed by atoms with Gasteiger partial charge >= 0.3 is 6.03 Å². The van der Waals surface area contributed by atoms with Gasteiger partial charge in [-0.1, -0.05) is 150 Å². The number of amidine groups is 1. The average Bonchev–Trinajstić information content (AvgIpc) is 3.58. The van der Waals surface area contributed by atoms with E-state index in [0.717, 1.165) is 25.1 Å². The van der Waals surface area contributed by atoms with Gasteiger partial charge in [0.25, 0.3) is 5.91 Å². The molecule has 258 valence electrons. The van der Waals surface area contributed by atoms with Gasteiger partial charge in [0.15, 0.2) is 0 Å². The number of aliphatic imine (C=N–C) groups is 1. The van der Waals surface area contributed by atoms with E-state index in [1.54, 1.807) is 17.0 Å². The van der Waals surface area contributed by atoms with Crippen molar-refractivity contribution in [3.63, 3.8) is 0 Å². The summed E-state index contributed by atoms with van der Waals surface area (Å²) >= 11 is 25.2. The predicted octanol–water partition coefficient (Wildman–Crippen LogP) is 11.8. The first-order valence-electron chi connectivity index (χ1n) is 17.5. The van der Waals surface area contributed by atoms with Gasteiger partial charge in [0.2, 0.25) is 0 Å². The number of amides is 3. The highest BCUT2D eigenvalue weighted by Gasteiger charge is 2.32. The molecule has 0 bridgehead atoms. The summed E-state index contributed by atoms with van der Waals surface area (Å²) in [5.74, 6) is 0.107. The number of halogens is 4. The Kier molecular flexibility index (Phi) is 15.8. The number of benzene rings is 2. The number of anilines is 2. The van der Waals surface area contributed by atoms with E-state index in [2.05, 4.69) is 17.3 Å². The Balaban J connectivity index is 1.15. The molecule has 7 nitrogen and oxygen atoms in total. The molecule has 2 fully saturated rings. The Morgan fingerprint density at radius 1 is 0.702 bits per heavy atom. The van der Waals surface area contributed by atoms with Crippen molar-refractivity contribution >= 4 is 81.2 Å². The van der Waals surface area contributed by atoms with E-state index in [4.69, 9.17) is 46.4 Å². The normalized spacial score (nSPS) is 15.9. The van der Waals surface area contributed by atoms with Gasteiger partial charge in [0.05, 0.1) is 27.2 Å². The van der Waals surface area contributed by atoms with Gasteiger partial charge in [-0.2, -0.15) is 0 Å². The summed E-state index contributed by atoms with van der Waals surface area (Å²) in [5.41, 5.74) is 4.46. The van der Waals surface area contributed by atoms with E-state index in [9.17, 15) is 9.59 Å². The van der Waals surface area contributed by atoms with Crippen molar-refractivity contribution < 1.29 is 9.59 Å². The van der Waals surface area contributed by atoms with Crippen LogP contribution in [0.2, 0.25) is 20.1 Å². The van der Waals surface area contributed by atoms with Crippen molar-refractivity contribution in [3.8, 4) is 0 Å². The van der Waals surface area contributed by atoms with Crippen molar-refractivity contribution in [3.05, 3.63) is 50.4 Å². The number of rotatable bonds is 20. The molecule has 2 heterocycles. The zero-order valence-corrected chi connectivity index (χ0v) is 30.7. The zero-order valence-electron chi connectivity index (χ0n) is 27.6. The molecule has 47 heavy (non-hydrogen) atoms. The van der Waals surface area contributed by atoms with Gasteiger partial charge in [0, 0.05) is 30.3 Å². The van der Waals surface area contributed by atoms with Crippen LogP contribution in [-0.4, -0.2) is 42.3 Å². The van der Waals surface area contributed by atoms with E-state index in [1.165, 1.54) is 107 Å². The number of nitrogens with zero attached hydrogens (tertiary/aromatic N) is 4. The van der Waals surface area contributed by atoms with Gasteiger partial charge < -0.3 is 4.90 Å². The fraction of sp³-hybridized carbons (Fsp3) is 0.583. The largest absolute Gasteiger partial charge is 0.324 e. The van der Waals surface area contributed by atoms with Crippen LogP contribution in [0.4, 0.5) is 21.9 Å². The van der Waals surface area contributed by atoms with Crippen LogP contribution >= 0.6 is 46.4 Å². The van der Waals surface area contributed by atoms with Crippen molar-refractivity contribution in [2.75, 3.05) is 29.5 Å². The Morgan fingerprint density at radius 2 is 1.26 bits per heavy atom. The fourth-order valence-corrected chi connectivity index (χ4v) is 7.37. The van der Waals surface area contributed by atoms with E-state index < -0.39 is 0 Å². The molecule has 0 saturated carbocycles. The summed E-state index contributed by atoms with van der Waals surface area (Å²) in [7, 11) is 0. The fourth-order valence-electron chi connectivity index (χ4n) is 6.23. The predicted molar refractivity (Wildman–Crippen MR) is 199 cm³/mol. The van der Waals surface area contributed by atoms with Crippen molar-refractivity contribution in [2.45, 2.75) is 116 Å². The minimum Gasteiger partial charge on any atom is -0.323 e. The lowest BCUT2D eigenvalue weighted by molar-refractivity contribution is -0.116. The van der Waals surface area contributed by atoms with E-state index in [1.807, 2.05) is 11.0 Å². The molecule has 2 aromatic carbocycles. The highest BCUT2D eigenvalue weighted by atomic mass is 35.5. The maximum absolute atomic E-state index is 13.3. The molecule has 1 N–H and O–H groups in total. The zero-order chi connectivity index (χ0) is 33.6. The van der Waals surface area contributed by atoms with Crippen LogP contribution in [0, 0.1) is 0 Å².